The van der Waals surface area contributed by atoms with Gasteiger partial charge in [-0.25, -0.2) is 0 Å². The number of hydrogen-bond donors (Lipinski definition) is 1. The first kappa shape index (κ1) is 13.7. The topological polar surface area (TPSA) is 86.6 Å². The van der Waals surface area contributed by atoms with Gasteiger partial charge in [0.2, 0.25) is 5.78 Å². The summed E-state index contributed by atoms with van der Waals surface area (Å²) >= 11 is 0. The Labute approximate surface area is 126 Å². The maximum Gasteiger partial charge on any atom is 0.208 e. The van der Waals surface area contributed by atoms with E-state index in [4.69, 9.17) is 0 Å². The number of nitriles is 1. The average molecular weight is 289 g/mol. The molecular formula is C17H11N3O2. The minimum atomic E-state index is -1.39. The summed E-state index contributed by atoms with van der Waals surface area (Å²) in [6, 6.07) is 17.2. The molecule has 1 aromatic heterocycles. The van der Waals surface area contributed by atoms with Gasteiger partial charge in [-0.1, -0.05) is 48.5 Å². The molecule has 0 bridgehead atoms. The lowest BCUT2D eigenvalue weighted by Gasteiger charge is -2.06. The molecule has 0 saturated carbocycles. The van der Waals surface area contributed by atoms with E-state index in [1.165, 1.54) is 0 Å². The van der Waals surface area contributed by atoms with Crippen molar-refractivity contribution in [2.45, 2.75) is 0 Å². The molecule has 3 rings (SSSR count). The molecule has 1 unspecified atom stereocenters. The molecule has 5 heteroatoms. The SMILES string of the molecule is N#CC(C(=O)c1ccccc1)C(=O)c1n[nH]c2ccccc12. The van der Waals surface area contributed by atoms with Gasteiger partial charge < -0.3 is 0 Å². The maximum atomic E-state index is 12.5. The van der Waals surface area contributed by atoms with E-state index in [-0.39, 0.29) is 5.69 Å². The van der Waals surface area contributed by atoms with E-state index in [1.54, 1.807) is 54.6 Å². The van der Waals surface area contributed by atoms with Crippen molar-refractivity contribution in [3.63, 3.8) is 0 Å². The number of ketones is 2. The summed E-state index contributed by atoms with van der Waals surface area (Å²) in [5, 5.41) is 16.6. The third-order valence-corrected chi connectivity index (χ3v) is 3.42. The molecule has 0 radical (unpaired) electrons. The quantitative estimate of drug-likeness (QED) is 0.591. The molecule has 1 atom stereocenters. The van der Waals surface area contributed by atoms with Crippen LogP contribution in [0.25, 0.3) is 10.9 Å². The molecular weight excluding hydrogens is 278 g/mol. The van der Waals surface area contributed by atoms with Crippen LogP contribution in [0.5, 0.6) is 0 Å². The summed E-state index contributed by atoms with van der Waals surface area (Å²) in [5.74, 6) is -2.50. The highest BCUT2D eigenvalue weighted by Gasteiger charge is 2.31. The molecule has 0 amide bonds. The van der Waals surface area contributed by atoms with Crippen LogP contribution in [0, 0.1) is 17.2 Å². The highest BCUT2D eigenvalue weighted by Crippen LogP contribution is 2.20. The summed E-state index contributed by atoms with van der Waals surface area (Å²) in [7, 11) is 0. The largest absolute Gasteiger partial charge is 0.292 e. The number of hydrogen-bond acceptors (Lipinski definition) is 4. The molecule has 1 N–H and O–H groups in total. The van der Waals surface area contributed by atoms with E-state index in [0.717, 1.165) is 0 Å². The van der Waals surface area contributed by atoms with Crippen molar-refractivity contribution in [2.24, 2.45) is 5.92 Å². The molecule has 0 aliphatic rings. The number of H-pyrrole nitrogens is 1. The number of nitrogens with one attached hydrogen (secondary N) is 1. The predicted octanol–water partition coefficient (Wildman–Crippen LogP) is 2.77. The Balaban J connectivity index is 1.99. The number of aromatic amines is 1. The minimum absolute atomic E-state index is 0.117. The Morgan fingerprint density at radius 2 is 1.68 bits per heavy atom. The predicted molar refractivity (Wildman–Crippen MR) is 80.3 cm³/mol. The third kappa shape index (κ3) is 2.27. The number of para-hydroxylation sites is 1. The molecule has 22 heavy (non-hydrogen) atoms. The minimum Gasteiger partial charge on any atom is -0.292 e. The maximum absolute atomic E-state index is 12.5. The number of rotatable bonds is 4. The Morgan fingerprint density at radius 3 is 2.41 bits per heavy atom. The van der Waals surface area contributed by atoms with Gasteiger partial charge in [0, 0.05) is 10.9 Å². The molecule has 0 spiro atoms. The van der Waals surface area contributed by atoms with E-state index >= 15 is 0 Å². The second-order valence-corrected chi connectivity index (χ2v) is 4.77. The van der Waals surface area contributed by atoms with Crippen molar-refractivity contribution >= 4 is 22.5 Å². The van der Waals surface area contributed by atoms with Gasteiger partial charge in [-0.05, 0) is 6.07 Å². The Bertz CT molecular complexity index is 891. The normalized spacial score (nSPS) is 11.8. The fraction of sp³-hybridized carbons (Fsp3) is 0.0588. The first-order valence-electron chi connectivity index (χ1n) is 6.68. The van der Waals surface area contributed by atoms with Crippen LogP contribution in [0.3, 0.4) is 0 Å². The smallest absolute Gasteiger partial charge is 0.208 e. The van der Waals surface area contributed by atoms with Crippen molar-refractivity contribution < 1.29 is 9.59 Å². The molecule has 3 aromatic rings. The third-order valence-electron chi connectivity index (χ3n) is 3.42. The van der Waals surface area contributed by atoms with Gasteiger partial charge in [0.25, 0.3) is 0 Å². The Morgan fingerprint density at radius 1 is 1.00 bits per heavy atom. The van der Waals surface area contributed by atoms with Crippen molar-refractivity contribution in [1.29, 1.82) is 5.26 Å². The van der Waals surface area contributed by atoms with Crippen molar-refractivity contribution in [3.05, 3.63) is 65.9 Å². The van der Waals surface area contributed by atoms with Crippen LogP contribution in [0.15, 0.2) is 54.6 Å². The fourth-order valence-electron chi connectivity index (χ4n) is 2.29. The monoisotopic (exact) mass is 289 g/mol. The zero-order chi connectivity index (χ0) is 15.5. The van der Waals surface area contributed by atoms with Crippen molar-refractivity contribution in [3.8, 4) is 6.07 Å². The van der Waals surface area contributed by atoms with Gasteiger partial charge in [-0.2, -0.15) is 10.4 Å². The molecule has 1 heterocycles. The highest BCUT2D eigenvalue weighted by molar-refractivity contribution is 6.20. The number of nitrogens with zero attached hydrogens (tertiary/aromatic N) is 2. The van der Waals surface area contributed by atoms with E-state index < -0.39 is 17.5 Å². The molecule has 106 valence electrons. The number of benzene rings is 2. The lowest BCUT2D eigenvalue weighted by molar-refractivity contribution is 0.0844. The lowest BCUT2D eigenvalue weighted by atomic mass is 9.92. The summed E-state index contributed by atoms with van der Waals surface area (Å²) in [5.41, 5.74) is 1.14. The first-order chi connectivity index (χ1) is 10.7. The summed E-state index contributed by atoms with van der Waals surface area (Å²) in [6.45, 7) is 0. The van der Waals surface area contributed by atoms with Crippen LogP contribution in [0.2, 0.25) is 0 Å². The van der Waals surface area contributed by atoms with Gasteiger partial charge >= 0.3 is 0 Å². The van der Waals surface area contributed by atoms with Gasteiger partial charge in [0.1, 0.15) is 5.69 Å². The Hall–Kier alpha value is -3.26. The summed E-state index contributed by atoms with van der Waals surface area (Å²) in [6.07, 6.45) is 0. The van der Waals surface area contributed by atoms with Crippen LogP contribution < -0.4 is 0 Å². The second-order valence-electron chi connectivity index (χ2n) is 4.77. The number of fused-ring (bicyclic) bond motifs is 1. The fourth-order valence-corrected chi connectivity index (χ4v) is 2.29. The molecule has 0 saturated heterocycles. The van der Waals surface area contributed by atoms with Crippen LogP contribution >= 0.6 is 0 Å². The average Bonchev–Trinajstić information content (AvgIpc) is 3.00. The molecule has 0 aliphatic carbocycles. The van der Waals surface area contributed by atoms with Crippen molar-refractivity contribution in [2.75, 3.05) is 0 Å². The van der Waals surface area contributed by atoms with Crippen LogP contribution in [0.4, 0.5) is 0 Å². The number of aromatic nitrogens is 2. The van der Waals surface area contributed by atoms with Crippen LogP contribution in [0.1, 0.15) is 20.8 Å². The van der Waals surface area contributed by atoms with Crippen molar-refractivity contribution in [1.82, 2.24) is 10.2 Å². The molecule has 5 nitrogen and oxygen atoms in total. The molecule has 0 aliphatic heterocycles. The summed E-state index contributed by atoms with van der Waals surface area (Å²) in [4.78, 5) is 24.9. The van der Waals surface area contributed by atoms with Gasteiger partial charge in [0.15, 0.2) is 11.7 Å². The standard InChI is InChI=1S/C17H11N3O2/c18-10-13(16(21)11-6-2-1-3-7-11)17(22)15-12-8-4-5-9-14(12)19-20-15/h1-9,13H,(H,19,20). The number of Topliss-reactive ketones (excluding diaryl/α,β-unsaturated/α-hetero) is 2. The van der Waals surface area contributed by atoms with Crippen LogP contribution in [-0.2, 0) is 0 Å². The second kappa shape index (κ2) is 5.62. The highest BCUT2D eigenvalue weighted by atomic mass is 16.2. The van der Waals surface area contributed by atoms with E-state index in [1.807, 2.05) is 6.07 Å². The lowest BCUT2D eigenvalue weighted by Crippen LogP contribution is -2.23. The van der Waals surface area contributed by atoms with E-state index in [0.29, 0.717) is 16.5 Å². The van der Waals surface area contributed by atoms with E-state index in [2.05, 4.69) is 10.2 Å². The van der Waals surface area contributed by atoms with Gasteiger partial charge in [0.05, 0.1) is 11.6 Å². The first-order valence-corrected chi connectivity index (χ1v) is 6.68. The van der Waals surface area contributed by atoms with Gasteiger partial charge in [-0.3, -0.25) is 14.7 Å². The zero-order valence-electron chi connectivity index (χ0n) is 11.5. The summed E-state index contributed by atoms with van der Waals surface area (Å²) < 4.78 is 0. The van der Waals surface area contributed by atoms with Gasteiger partial charge in [-0.15, -0.1) is 0 Å². The van der Waals surface area contributed by atoms with Crippen LogP contribution in [-0.4, -0.2) is 21.8 Å². The molecule has 0 fully saturated rings. The number of carbonyl (C=O) groups excluding carboxylic acids is 2. The Kier molecular flexibility index (Phi) is 3.50. The number of carbonyl (C=O) groups is 2. The van der Waals surface area contributed by atoms with E-state index in [9.17, 15) is 14.9 Å². The molecule has 2 aromatic carbocycles. The zero-order valence-corrected chi connectivity index (χ0v) is 11.5.